The minimum atomic E-state index is -0.804. The maximum Gasteiger partial charge on any atom is 0.253 e. The lowest BCUT2D eigenvalue weighted by atomic mass is 9.85. The third-order valence-electron chi connectivity index (χ3n) is 8.14. The molecule has 3 aromatic rings. The number of aryl methyl sites for hydroxylation is 1. The van der Waals surface area contributed by atoms with Crippen molar-refractivity contribution in [3.63, 3.8) is 0 Å². The van der Waals surface area contributed by atoms with Crippen LogP contribution in [-0.2, 0) is 22.4 Å². The molecule has 2 saturated heterocycles. The maximum absolute atomic E-state index is 14.0. The van der Waals surface area contributed by atoms with Crippen molar-refractivity contribution < 1.29 is 14.4 Å². The van der Waals surface area contributed by atoms with E-state index in [-0.39, 0.29) is 24.3 Å². The van der Waals surface area contributed by atoms with Crippen LogP contribution in [0, 0.1) is 0 Å². The van der Waals surface area contributed by atoms with Crippen LogP contribution < -0.4 is 10.2 Å². The molecule has 2 aliphatic heterocycles. The Labute approximate surface area is 251 Å². The molecule has 0 aromatic heterocycles. The highest BCUT2D eigenvalue weighted by molar-refractivity contribution is 6.35. The van der Waals surface area contributed by atoms with Crippen molar-refractivity contribution in [1.29, 1.82) is 0 Å². The lowest BCUT2D eigenvalue weighted by Crippen LogP contribution is -2.57. The molecule has 3 aromatic carbocycles. The van der Waals surface area contributed by atoms with Gasteiger partial charge >= 0.3 is 0 Å². The molecule has 0 unspecified atom stereocenters. The van der Waals surface area contributed by atoms with Gasteiger partial charge in [-0.15, -0.1) is 0 Å². The van der Waals surface area contributed by atoms with Crippen molar-refractivity contribution in [3.05, 3.63) is 99.5 Å². The van der Waals surface area contributed by atoms with E-state index in [2.05, 4.69) is 17.1 Å². The lowest BCUT2D eigenvalue weighted by Gasteiger charge is -2.43. The fourth-order valence-electron chi connectivity index (χ4n) is 5.76. The summed E-state index contributed by atoms with van der Waals surface area (Å²) in [6, 6.07) is 22.8. The van der Waals surface area contributed by atoms with E-state index in [1.54, 1.807) is 17.0 Å². The summed E-state index contributed by atoms with van der Waals surface area (Å²) in [5.74, 6) is -0.315. The molecule has 2 fully saturated rings. The molecule has 7 nitrogen and oxygen atoms in total. The van der Waals surface area contributed by atoms with Crippen LogP contribution in [0.1, 0.15) is 41.3 Å². The second kappa shape index (κ2) is 12.5. The second-order valence-electron chi connectivity index (χ2n) is 10.6. The minimum absolute atomic E-state index is 0.0174. The maximum atomic E-state index is 14.0. The number of hydrogen-bond donors (Lipinski definition) is 1. The molecule has 3 amide bonds. The smallest absolute Gasteiger partial charge is 0.253 e. The van der Waals surface area contributed by atoms with Crippen molar-refractivity contribution in [2.75, 3.05) is 37.7 Å². The number of amides is 3. The topological polar surface area (TPSA) is 73.0 Å². The van der Waals surface area contributed by atoms with Crippen LogP contribution in [-0.4, -0.2) is 65.9 Å². The molecule has 2 aliphatic rings. The number of carbonyl (C=O) groups is 3. The van der Waals surface area contributed by atoms with Crippen LogP contribution in [0.3, 0.4) is 0 Å². The van der Waals surface area contributed by atoms with Crippen LogP contribution in [0.25, 0.3) is 0 Å². The van der Waals surface area contributed by atoms with Gasteiger partial charge in [0, 0.05) is 40.9 Å². The van der Waals surface area contributed by atoms with Gasteiger partial charge in [0.05, 0.1) is 6.67 Å². The van der Waals surface area contributed by atoms with E-state index in [4.69, 9.17) is 23.2 Å². The average molecular weight is 594 g/mol. The van der Waals surface area contributed by atoms with Gasteiger partial charge < -0.3 is 20.0 Å². The fraction of sp³-hybridized carbons (Fsp3) is 0.344. The van der Waals surface area contributed by atoms with Gasteiger partial charge in [0.15, 0.2) is 0 Å². The van der Waals surface area contributed by atoms with E-state index >= 15 is 0 Å². The van der Waals surface area contributed by atoms with E-state index in [1.165, 1.54) is 5.56 Å². The number of nitrogens with one attached hydrogen (secondary N) is 1. The zero-order valence-electron chi connectivity index (χ0n) is 23.1. The van der Waals surface area contributed by atoms with Crippen LogP contribution in [0.2, 0.25) is 10.0 Å². The zero-order chi connectivity index (χ0) is 29.0. The highest BCUT2D eigenvalue weighted by atomic mass is 35.5. The molecular weight excluding hydrogens is 559 g/mol. The summed E-state index contributed by atoms with van der Waals surface area (Å²) in [5, 5.41) is 4.04. The first-order valence-electron chi connectivity index (χ1n) is 14.0. The van der Waals surface area contributed by atoms with Crippen LogP contribution in [0.4, 0.5) is 5.69 Å². The number of likely N-dealkylation sites (tertiary alicyclic amines) is 1. The summed E-state index contributed by atoms with van der Waals surface area (Å²) in [6.07, 6.45) is 2.46. The first-order chi connectivity index (χ1) is 19.8. The third-order valence-corrected chi connectivity index (χ3v) is 8.72. The number of nitrogens with zero attached hydrogens (tertiary/aromatic N) is 3. The van der Waals surface area contributed by atoms with Gasteiger partial charge in [-0.1, -0.05) is 66.5 Å². The number of hydrogen-bond acceptors (Lipinski definition) is 4. The van der Waals surface area contributed by atoms with Gasteiger partial charge in [0.2, 0.25) is 5.91 Å². The van der Waals surface area contributed by atoms with Crippen molar-refractivity contribution in [2.45, 2.75) is 38.1 Å². The minimum Gasteiger partial charge on any atom is -0.354 e. The number of carbonyl (C=O) groups excluding carboxylic acids is 3. The van der Waals surface area contributed by atoms with E-state index in [0.29, 0.717) is 61.2 Å². The molecule has 0 radical (unpaired) electrons. The molecule has 1 N–H and O–H groups in total. The lowest BCUT2D eigenvalue weighted by molar-refractivity contribution is -0.137. The molecule has 0 bridgehead atoms. The number of rotatable bonds is 8. The molecule has 41 heavy (non-hydrogen) atoms. The molecule has 2 heterocycles. The zero-order valence-corrected chi connectivity index (χ0v) is 24.6. The Bertz CT molecular complexity index is 1410. The first-order valence-corrected chi connectivity index (χ1v) is 14.8. The first kappa shape index (κ1) is 29.0. The SMILES string of the molecule is CCc1ccc(C(=O)N2CCC3(CC2)C(=O)N(CC(=O)NCCc2ccc(Cl)cc2Cl)CN3c2ccccc2)cc1. The van der Waals surface area contributed by atoms with Crippen molar-refractivity contribution in [2.24, 2.45) is 0 Å². The number of benzene rings is 3. The summed E-state index contributed by atoms with van der Waals surface area (Å²) in [7, 11) is 0. The van der Waals surface area contributed by atoms with Crippen LogP contribution in [0.15, 0.2) is 72.8 Å². The second-order valence-corrected chi connectivity index (χ2v) is 11.5. The third kappa shape index (κ3) is 6.21. The van der Waals surface area contributed by atoms with Crippen molar-refractivity contribution in [1.82, 2.24) is 15.1 Å². The fourth-order valence-corrected chi connectivity index (χ4v) is 6.26. The van der Waals surface area contributed by atoms with Gasteiger partial charge in [0.1, 0.15) is 12.1 Å². The van der Waals surface area contributed by atoms with E-state index in [0.717, 1.165) is 17.7 Å². The number of halogens is 2. The van der Waals surface area contributed by atoms with E-state index < -0.39 is 5.54 Å². The summed E-state index contributed by atoms with van der Waals surface area (Å²) in [5.41, 5.74) is 2.86. The summed E-state index contributed by atoms with van der Waals surface area (Å²) < 4.78 is 0. The van der Waals surface area contributed by atoms with Crippen molar-refractivity contribution in [3.8, 4) is 0 Å². The Morgan fingerprint density at radius 2 is 1.66 bits per heavy atom. The van der Waals surface area contributed by atoms with Gasteiger partial charge in [0.25, 0.3) is 11.8 Å². The van der Waals surface area contributed by atoms with E-state index in [1.807, 2.05) is 65.6 Å². The molecular formula is C32H34Cl2N4O3. The Morgan fingerprint density at radius 1 is 0.951 bits per heavy atom. The number of piperidine rings is 1. The normalized spacial score (nSPS) is 16.4. The molecule has 0 saturated carbocycles. The largest absolute Gasteiger partial charge is 0.354 e. The molecule has 214 valence electrons. The Kier molecular flexibility index (Phi) is 8.85. The standard InChI is InChI=1S/C32H34Cl2N4O3/c1-2-23-8-10-25(11-9-23)30(40)36-18-15-32(16-19-36)31(41)37(22-38(32)27-6-4-3-5-7-27)21-29(39)35-17-14-24-12-13-26(33)20-28(24)34/h3-13,20H,2,14-19,21-22H2,1H3,(H,35,39). The summed E-state index contributed by atoms with van der Waals surface area (Å²) in [4.78, 5) is 45.7. The summed E-state index contributed by atoms with van der Waals surface area (Å²) >= 11 is 12.2. The predicted octanol–water partition coefficient (Wildman–Crippen LogP) is 5.20. The van der Waals surface area contributed by atoms with Gasteiger partial charge in [-0.05, 0) is 73.2 Å². The quantitative estimate of drug-likeness (QED) is 0.390. The Balaban J connectivity index is 1.25. The molecule has 1 spiro atoms. The Morgan fingerprint density at radius 3 is 2.32 bits per heavy atom. The van der Waals surface area contributed by atoms with Gasteiger partial charge in [-0.3, -0.25) is 14.4 Å². The average Bonchev–Trinajstić information content (AvgIpc) is 3.25. The molecule has 0 atom stereocenters. The van der Waals surface area contributed by atoms with Gasteiger partial charge in [-0.2, -0.15) is 0 Å². The van der Waals surface area contributed by atoms with Crippen LogP contribution in [0.5, 0.6) is 0 Å². The molecule has 5 rings (SSSR count). The number of anilines is 1. The van der Waals surface area contributed by atoms with Gasteiger partial charge in [-0.25, -0.2) is 0 Å². The highest BCUT2D eigenvalue weighted by Gasteiger charge is 2.54. The van der Waals surface area contributed by atoms with Crippen LogP contribution >= 0.6 is 23.2 Å². The predicted molar refractivity (Wildman–Crippen MR) is 162 cm³/mol. The molecule has 9 heteroatoms. The Hall–Kier alpha value is -3.55. The highest BCUT2D eigenvalue weighted by Crippen LogP contribution is 2.39. The monoisotopic (exact) mass is 592 g/mol. The van der Waals surface area contributed by atoms with Crippen molar-refractivity contribution >= 4 is 46.6 Å². The summed E-state index contributed by atoms with van der Waals surface area (Å²) in [6.45, 7) is 3.68. The van der Waals surface area contributed by atoms with E-state index in [9.17, 15) is 14.4 Å². The molecule has 0 aliphatic carbocycles. The number of para-hydroxylation sites is 1.